The van der Waals surface area contributed by atoms with Crippen LogP contribution >= 0.6 is 11.6 Å². The Morgan fingerprint density at radius 3 is 2.88 bits per heavy atom. The molecule has 0 fully saturated rings. The first-order chi connectivity index (χ1) is 7.78. The lowest BCUT2D eigenvalue weighted by molar-refractivity contribution is -0.109. The number of benzene rings is 1. The van der Waals surface area contributed by atoms with E-state index in [4.69, 9.17) is 21.1 Å². The molecule has 0 bridgehead atoms. The van der Waals surface area contributed by atoms with Crippen LogP contribution in [0, 0.1) is 5.92 Å². The van der Waals surface area contributed by atoms with Crippen molar-refractivity contribution in [2.75, 3.05) is 6.79 Å². The molecular formula is C11H8ClNO3. The van der Waals surface area contributed by atoms with Gasteiger partial charge in [-0.3, -0.25) is 0 Å². The van der Waals surface area contributed by atoms with E-state index < -0.39 is 0 Å². The Hall–Kier alpha value is -1.55. The fourth-order valence-electron chi connectivity index (χ4n) is 1.86. The lowest BCUT2D eigenvalue weighted by Gasteiger charge is -2.17. The third-order valence-electron chi connectivity index (χ3n) is 2.71. The summed E-state index contributed by atoms with van der Waals surface area (Å²) < 4.78 is 10.5. The lowest BCUT2D eigenvalue weighted by atomic mass is 9.97. The van der Waals surface area contributed by atoms with Gasteiger partial charge in [-0.2, -0.15) is 0 Å². The number of aldehydes is 1. The summed E-state index contributed by atoms with van der Waals surface area (Å²) in [7, 11) is 0. The number of rotatable bonds is 1. The van der Waals surface area contributed by atoms with Crippen LogP contribution in [0.5, 0.6) is 11.5 Å². The number of halogens is 1. The summed E-state index contributed by atoms with van der Waals surface area (Å²) in [5, 5.41) is 0.335. The average Bonchev–Trinajstić information content (AvgIpc) is 2.72. The maximum Gasteiger partial charge on any atom is 0.231 e. The molecule has 2 heterocycles. The molecule has 0 spiro atoms. The number of aliphatic imine (C=N–C) groups is 1. The minimum atomic E-state index is -0.338. The highest BCUT2D eigenvalue weighted by atomic mass is 35.5. The second kappa shape index (κ2) is 3.49. The molecule has 1 unspecified atom stereocenters. The van der Waals surface area contributed by atoms with Crippen LogP contribution in [-0.2, 0) is 11.2 Å². The average molecular weight is 238 g/mol. The monoisotopic (exact) mass is 237 g/mol. The number of carbonyl (C=O) groups excluding carboxylic acids is 1. The topological polar surface area (TPSA) is 47.9 Å². The standard InChI is InChI=1S/C11H8ClNO3/c12-11-7(4-14)1-6-2-9-10(16-5-15-9)3-8(6)13-11/h2-4,7H,1,5H2. The Labute approximate surface area is 96.8 Å². The van der Waals surface area contributed by atoms with Gasteiger partial charge in [0.25, 0.3) is 0 Å². The number of ether oxygens (including phenoxy) is 2. The van der Waals surface area contributed by atoms with Crippen molar-refractivity contribution in [2.24, 2.45) is 10.9 Å². The van der Waals surface area contributed by atoms with Crippen molar-refractivity contribution in [1.29, 1.82) is 0 Å². The predicted octanol–water partition coefficient (Wildman–Crippen LogP) is 2.06. The Bertz CT molecular complexity index is 498. The van der Waals surface area contributed by atoms with E-state index in [0.29, 0.717) is 23.1 Å². The minimum absolute atomic E-state index is 0.229. The molecule has 0 saturated carbocycles. The van der Waals surface area contributed by atoms with E-state index in [-0.39, 0.29) is 12.7 Å². The van der Waals surface area contributed by atoms with Crippen LogP contribution in [0.2, 0.25) is 0 Å². The zero-order chi connectivity index (χ0) is 11.1. The van der Waals surface area contributed by atoms with E-state index in [2.05, 4.69) is 4.99 Å². The molecule has 4 nitrogen and oxygen atoms in total. The van der Waals surface area contributed by atoms with Gasteiger partial charge >= 0.3 is 0 Å². The van der Waals surface area contributed by atoms with Crippen molar-refractivity contribution in [3.05, 3.63) is 17.7 Å². The summed E-state index contributed by atoms with van der Waals surface area (Å²) in [6.45, 7) is 0.229. The maximum atomic E-state index is 10.8. The molecule has 0 aliphatic carbocycles. The van der Waals surface area contributed by atoms with Crippen LogP contribution in [0.4, 0.5) is 5.69 Å². The van der Waals surface area contributed by atoms with Gasteiger partial charge in [0, 0.05) is 6.07 Å². The fourth-order valence-corrected chi connectivity index (χ4v) is 2.08. The molecule has 1 aromatic rings. The Kier molecular flexibility index (Phi) is 2.11. The van der Waals surface area contributed by atoms with Gasteiger partial charge in [0.15, 0.2) is 11.5 Å². The van der Waals surface area contributed by atoms with Gasteiger partial charge in [-0.15, -0.1) is 0 Å². The lowest BCUT2D eigenvalue weighted by Crippen LogP contribution is -2.17. The van der Waals surface area contributed by atoms with Gasteiger partial charge in [0.1, 0.15) is 11.5 Å². The smallest absolute Gasteiger partial charge is 0.231 e. The largest absolute Gasteiger partial charge is 0.454 e. The molecule has 82 valence electrons. The molecule has 0 amide bonds. The van der Waals surface area contributed by atoms with Crippen molar-refractivity contribution < 1.29 is 14.3 Å². The normalized spacial score (nSPS) is 21.3. The van der Waals surface area contributed by atoms with Crippen molar-refractivity contribution >= 4 is 28.7 Å². The van der Waals surface area contributed by atoms with Gasteiger partial charge in [-0.1, -0.05) is 11.6 Å². The molecule has 2 aliphatic rings. The Balaban J connectivity index is 2.10. The van der Waals surface area contributed by atoms with Crippen LogP contribution in [0.15, 0.2) is 17.1 Å². The molecule has 16 heavy (non-hydrogen) atoms. The number of carbonyl (C=O) groups is 1. The van der Waals surface area contributed by atoms with E-state index in [1.807, 2.05) is 6.07 Å². The van der Waals surface area contributed by atoms with Gasteiger partial charge in [-0.05, 0) is 18.1 Å². The Morgan fingerprint density at radius 2 is 2.12 bits per heavy atom. The van der Waals surface area contributed by atoms with E-state index in [1.54, 1.807) is 6.07 Å². The second-order valence-electron chi connectivity index (χ2n) is 3.72. The third kappa shape index (κ3) is 1.38. The first-order valence-corrected chi connectivity index (χ1v) is 5.27. The van der Waals surface area contributed by atoms with Gasteiger partial charge in [0.2, 0.25) is 6.79 Å². The molecule has 0 N–H and O–H groups in total. The summed E-state index contributed by atoms with van der Waals surface area (Å²) in [5.41, 5.74) is 1.72. The van der Waals surface area contributed by atoms with Crippen LogP contribution in [0.1, 0.15) is 5.56 Å². The number of nitrogens with zero attached hydrogens (tertiary/aromatic N) is 1. The van der Waals surface area contributed by atoms with E-state index in [1.165, 1.54) is 0 Å². The summed E-state index contributed by atoms with van der Waals surface area (Å²) in [5.74, 6) is 1.04. The van der Waals surface area contributed by atoms with Crippen LogP contribution in [0.25, 0.3) is 0 Å². The van der Waals surface area contributed by atoms with E-state index >= 15 is 0 Å². The molecule has 2 aliphatic heterocycles. The zero-order valence-electron chi connectivity index (χ0n) is 8.27. The first-order valence-electron chi connectivity index (χ1n) is 4.90. The summed E-state index contributed by atoms with van der Waals surface area (Å²) in [6, 6.07) is 3.65. The minimum Gasteiger partial charge on any atom is -0.454 e. The second-order valence-corrected chi connectivity index (χ2v) is 4.10. The summed E-state index contributed by atoms with van der Waals surface area (Å²) >= 11 is 5.91. The van der Waals surface area contributed by atoms with Crippen molar-refractivity contribution in [3.8, 4) is 11.5 Å². The van der Waals surface area contributed by atoms with Gasteiger partial charge in [-0.25, -0.2) is 4.99 Å². The third-order valence-corrected chi connectivity index (χ3v) is 3.08. The molecule has 3 rings (SSSR count). The van der Waals surface area contributed by atoms with E-state index in [9.17, 15) is 4.79 Å². The van der Waals surface area contributed by atoms with Crippen molar-refractivity contribution in [3.63, 3.8) is 0 Å². The SMILES string of the molecule is O=CC1Cc2cc3c(cc2N=C1Cl)OCO3. The van der Waals surface area contributed by atoms with Crippen LogP contribution < -0.4 is 9.47 Å². The Morgan fingerprint density at radius 1 is 1.38 bits per heavy atom. The molecule has 0 saturated heterocycles. The van der Waals surface area contributed by atoms with Gasteiger partial charge < -0.3 is 14.3 Å². The summed E-state index contributed by atoms with van der Waals surface area (Å²) in [4.78, 5) is 15.0. The number of hydrogen-bond acceptors (Lipinski definition) is 4. The molecule has 1 aromatic carbocycles. The highest BCUT2D eigenvalue weighted by molar-refractivity contribution is 6.67. The zero-order valence-corrected chi connectivity index (χ0v) is 9.03. The molecule has 1 atom stereocenters. The quantitative estimate of drug-likeness (QED) is 0.703. The molecule has 0 aromatic heterocycles. The summed E-state index contributed by atoms with van der Waals surface area (Å²) in [6.07, 6.45) is 1.39. The fraction of sp³-hybridized carbons (Fsp3) is 0.273. The highest BCUT2D eigenvalue weighted by Gasteiger charge is 2.25. The van der Waals surface area contributed by atoms with Crippen LogP contribution in [-0.4, -0.2) is 18.2 Å². The maximum absolute atomic E-state index is 10.8. The van der Waals surface area contributed by atoms with Crippen LogP contribution in [0.3, 0.4) is 0 Å². The molecule has 0 radical (unpaired) electrons. The van der Waals surface area contributed by atoms with Gasteiger partial charge in [0.05, 0.1) is 11.6 Å². The van der Waals surface area contributed by atoms with E-state index in [0.717, 1.165) is 17.5 Å². The van der Waals surface area contributed by atoms with Crippen molar-refractivity contribution in [1.82, 2.24) is 0 Å². The number of fused-ring (bicyclic) bond motifs is 2. The highest BCUT2D eigenvalue weighted by Crippen LogP contribution is 2.41. The predicted molar refractivity (Wildman–Crippen MR) is 58.8 cm³/mol. The number of hydrogen-bond donors (Lipinski definition) is 0. The molecular weight excluding hydrogens is 230 g/mol. The molecule has 5 heteroatoms. The first kappa shape index (κ1) is 9.66. The van der Waals surface area contributed by atoms with Crippen molar-refractivity contribution in [2.45, 2.75) is 6.42 Å².